The molecule has 1 aromatic heterocycles. The van der Waals surface area contributed by atoms with E-state index in [9.17, 15) is 4.79 Å². The molecule has 0 aliphatic carbocycles. The summed E-state index contributed by atoms with van der Waals surface area (Å²) in [5, 5.41) is 14.7. The van der Waals surface area contributed by atoms with Gasteiger partial charge >= 0.3 is 0 Å². The third kappa shape index (κ3) is 4.40. The van der Waals surface area contributed by atoms with Gasteiger partial charge in [0.25, 0.3) is 0 Å². The zero-order valence-electron chi connectivity index (χ0n) is 11.4. The maximum Gasteiger partial charge on any atom is 0.234 e. The molecule has 2 rings (SSSR count). The molecule has 0 radical (unpaired) electrons. The molecule has 0 aliphatic rings. The molecule has 0 bridgehead atoms. The number of carbonyl (C=O) groups excluding carboxylic acids is 1. The minimum absolute atomic E-state index is 0.113. The fraction of sp³-hybridized carbons (Fsp3) is 0.231. The van der Waals surface area contributed by atoms with Crippen molar-refractivity contribution in [2.45, 2.75) is 18.6 Å². The highest BCUT2D eigenvalue weighted by molar-refractivity contribution is 9.10. The summed E-state index contributed by atoms with van der Waals surface area (Å²) >= 11 is 4.71. The zero-order chi connectivity index (χ0) is 15.2. The van der Waals surface area contributed by atoms with E-state index in [1.807, 2.05) is 25.1 Å². The number of nitrogens with zero attached hydrogens (tertiary/aromatic N) is 4. The van der Waals surface area contributed by atoms with Crippen molar-refractivity contribution in [2.24, 2.45) is 0 Å². The molecule has 0 unspecified atom stereocenters. The van der Waals surface area contributed by atoms with Crippen LogP contribution in [0, 0.1) is 6.92 Å². The zero-order valence-corrected chi connectivity index (χ0v) is 13.8. The molecule has 0 atom stereocenters. The average molecular weight is 368 g/mol. The van der Waals surface area contributed by atoms with Crippen LogP contribution in [-0.2, 0) is 11.3 Å². The van der Waals surface area contributed by atoms with E-state index in [0.717, 1.165) is 15.7 Å². The van der Waals surface area contributed by atoms with E-state index in [4.69, 9.17) is 0 Å². The number of hydrogen-bond donors (Lipinski definition) is 1. The molecule has 0 fully saturated rings. The van der Waals surface area contributed by atoms with Crippen molar-refractivity contribution < 1.29 is 4.79 Å². The van der Waals surface area contributed by atoms with Gasteiger partial charge in [-0.25, -0.2) is 4.68 Å². The minimum Gasteiger partial charge on any atom is -0.324 e. The molecule has 6 nitrogen and oxygen atoms in total. The second-order valence-electron chi connectivity index (χ2n) is 4.25. The number of benzene rings is 1. The van der Waals surface area contributed by atoms with Crippen LogP contribution in [0.2, 0.25) is 0 Å². The van der Waals surface area contributed by atoms with Crippen molar-refractivity contribution in [3.8, 4) is 0 Å². The van der Waals surface area contributed by atoms with Gasteiger partial charge in [0.2, 0.25) is 11.1 Å². The molecule has 8 heteroatoms. The van der Waals surface area contributed by atoms with Gasteiger partial charge in [-0.3, -0.25) is 4.79 Å². The molecule has 1 N–H and O–H groups in total. The van der Waals surface area contributed by atoms with Gasteiger partial charge in [0, 0.05) is 4.47 Å². The normalized spacial score (nSPS) is 10.4. The number of rotatable bonds is 6. The van der Waals surface area contributed by atoms with E-state index in [1.54, 1.807) is 10.8 Å². The van der Waals surface area contributed by atoms with Crippen molar-refractivity contribution >= 4 is 39.3 Å². The lowest BCUT2D eigenvalue weighted by molar-refractivity contribution is -0.113. The molecule has 1 amide bonds. The number of thioether (sulfide) groups is 1. The summed E-state index contributed by atoms with van der Waals surface area (Å²) in [5.74, 6) is 0.121. The van der Waals surface area contributed by atoms with Crippen LogP contribution < -0.4 is 5.32 Å². The number of tetrazole rings is 1. The van der Waals surface area contributed by atoms with Crippen molar-refractivity contribution in [3.05, 3.63) is 40.9 Å². The van der Waals surface area contributed by atoms with Crippen LogP contribution in [0.4, 0.5) is 5.69 Å². The lowest BCUT2D eigenvalue weighted by Gasteiger charge is -2.07. The monoisotopic (exact) mass is 367 g/mol. The maximum absolute atomic E-state index is 12.0. The highest BCUT2D eigenvalue weighted by Crippen LogP contribution is 2.24. The van der Waals surface area contributed by atoms with Gasteiger partial charge in [0.1, 0.15) is 0 Å². The SMILES string of the molecule is C=CCn1nnnc1SCC(=O)Nc1ccc(C)cc1Br. The standard InChI is InChI=1S/C13H14BrN5OS/c1-3-6-19-13(16-17-18-19)21-8-12(20)15-11-5-4-9(2)7-10(11)14/h3-5,7H,1,6,8H2,2H3,(H,15,20). The summed E-state index contributed by atoms with van der Waals surface area (Å²) in [7, 11) is 0. The van der Waals surface area contributed by atoms with E-state index < -0.39 is 0 Å². The Kier molecular flexibility index (Phi) is 5.51. The van der Waals surface area contributed by atoms with Crippen LogP contribution in [0.3, 0.4) is 0 Å². The van der Waals surface area contributed by atoms with Crippen LogP contribution in [-0.4, -0.2) is 31.9 Å². The summed E-state index contributed by atoms with van der Waals surface area (Å²) in [5.41, 5.74) is 1.87. The quantitative estimate of drug-likeness (QED) is 0.627. The molecule has 0 spiro atoms. The molecule has 2 aromatic rings. The molecule has 1 aromatic carbocycles. The van der Waals surface area contributed by atoms with Crippen molar-refractivity contribution in [3.63, 3.8) is 0 Å². The van der Waals surface area contributed by atoms with Gasteiger partial charge in [0.15, 0.2) is 0 Å². The first-order chi connectivity index (χ1) is 10.1. The predicted octanol–water partition coefficient (Wildman–Crippen LogP) is 2.66. The fourth-order valence-corrected chi connectivity index (χ4v) is 2.85. The molecule has 0 aliphatic heterocycles. The smallest absolute Gasteiger partial charge is 0.234 e. The topological polar surface area (TPSA) is 72.7 Å². The predicted molar refractivity (Wildman–Crippen MR) is 86.2 cm³/mol. The van der Waals surface area contributed by atoms with E-state index in [1.165, 1.54) is 11.8 Å². The van der Waals surface area contributed by atoms with Crippen molar-refractivity contribution in [1.82, 2.24) is 20.2 Å². The first kappa shape index (κ1) is 15.7. The largest absolute Gasteiger partial charge is 0.324 e. The summed E-state index contributed by atoms with van der Waals surface area (Å²) in [6.45, 7) is 6.14. The lowest BCUT2D eigenvalue weighted by atomic mass is 10.2. The van der Waals surface area contributed by atoms with Crippen LogP contribution in [0.1, 0.15) is 5.56 Å². The van der Waals surface area contributed by atoms with E-state index >= 15 is 0 Å². The molecular formula is C13H14BrN5OS. The number of amides is 1. The number of halogens is 1. The Balaban J connectivity index is 1.92. The Hall–Kier alpha value is -1.67. The number of hydrogen-bond acceptors (Lipinski definition) is 5. The summed E-state index contributed by atoms with van der Waals surface area (Å²) in [6.07, 6.45) is 1.70. The van der Waals surface area contributed by atoms with Crippen LogP contribution in [0.25, 0.3) is 0 Å². The highest BCUT2D eigenvalue weighted by Gasteiger charge is 2.10. The van der Waals surface area contributed by atoms with Crippen LogP contribution in [0.15, 0.2) is 40.5 Å². The van der Waals surface area contributed by atoms with Gasteiger partial charge in [-0.2, -0.15) is 0 Å². The molecular weight excluding hydrogens is 354 g/mol. The number of allylic oxidation sites excluding steroid dienone is 1. The molecule has 0 saturated carbocycles. The van der Waals surface area contributed by atoms with Gasteiger partial charge in [-0.05, 0) is 51.0 Å². The fourth-order valence-electron chi connectivity index (χ4n) is 1.57. The minimum atomic E-state index is -0.113. The second-order valence-corrected chi connectivity index (χ2v) is 6.05. The first-order valence-corrected chi connectivity index (χ1v) is 7.94. The average Bonchev–Trinajstić information content (AvgIpc) is 2.88. The van der Waals surface area contributed by atoms with Crippen molar-refractivity contribution in [2.75, 3.05) is 11.1 Å². The summed E-state index contributed by atoms with van der Waals surface area (Å²) < 4.78 is 2.45. The van der Waals surface area contributed by atoms with E-state index in [0.29, 0.717) is 11.7 Å². The Morgan fingerprint density at radius 1 is 1.57 bits per heavy atom. The van der Waals surface area contributed by atoms with Crippen molar-refractivity contribution in [1.29, 1.82) is 0 Å². The third-order valence-corrected chi connectivity index (χ3v) is 4.15. The molecule has 1 heterocycles. The van der Waals surface area contributed by atoms with Crippen LogP contribution >= 0.6 is 27.7 Å². The van der Waals surface area contributed by atoms with Gasteiger partial charge in [0.05, 0.1) is 18.0 Å². The lowest BCUT2D eigenvalue weighted by Crippen LogP contribution is -2.15. The summed E-state index contributed by atoms with van der Waals surface area (Å²) in [4.78, 5) is 12.0. The van der Waals surface area contributed by atoms with E-state index in [-0.39, 0.29) is 11.7 Å². The number of carbonyl (C=O) groups is 1. The molecule has 21 heavy (non-hydrogen) atoms. The Labute approximate surface area is 135 Å². The van der Waals surface area contributed by atoms with Gasteiger partial charge in [-0.15, -0.1) is 11.7 Å². The number of anilines is 1. The number of nitrogens with one attached hydrogen (secondary N) is 1. The number of aryl methyl sites for hydroxylation is 1. The first-order valence-electron chi connectivity index (χ1n) is 6.16. The Bertz CT molecular complexity index is 658. The highest BCUT2D eigenvalue weighted by atomic mass is 79.9. The third-order valence-electron chi connectivity index (χ3n) is 2.53. The Morgan fingerprint density at radius 3 is 3.10 bits per heavy atom. The van der Waals surface area contributed by atoms with E-state index in [2.05, 4.69) is 43.4 Å². The second kappa shape index (κ2) is 7.37. The van der Waals surface area contributed by atoms with Gasteiger partial charge in [-0.1, -0.05) is 23.9 Å². The molecule has 110 valence electrons. The van der Waals surface area contributed by atoms with Gasteiger partial charge < -0.3 is 5.32 Å². The van der Waals surface area contributed by atoms with Crippen LogP contribution in [0.5, 0.6) is 0 Å². The molecule has 0 saturated heterocycles. The number of aromatic nitrogens is 4. The summed E-state index contributed by atoms with van der Waals surface area (Å²) in [6, 6.07) is 5.76. The maximum atomic E-state index is 12.0. The Morgan fingerprint density at radius 2 is 2.38 bits per heavy atom.